The molecule has 0 aliphatic heterocycles. The van der Waals surface area contributed by atoms with Gasteiger partial charge in [-0.3, -0.25) is 9.79 Å². The van der Waals surface area contributed by atoms with Crippen LogP contribution in [0.15, 0.2) is 59.6 Å². The Kier molecular flexibility index (Phi) is 9.39. The molecule has 0 aliphatic rings. The molecule has 0 aliphatic carbocycles. The topological polar surface area (TPSA) is 56.7 Å². The summed E-state index contributed by atoms with van der Waals surface area (Å²) < 4.78 is 0. The molecule has 0 spiro atoms. The molecule has 5 heteroatoms. The first kappa shape index (κ1) is 23.5. The van der Waals surface area contributed by atoms with Crippen molar-refractivity contribution in [2.75, 3.05) is 33.7 Å². The molecule has 0 saturated heterocycles. The van der Waals surface area contributed by atoms with Crippen molar-refractivity contribution in [2.45, 2.75) is 33.1 Å². The number of benzene rings is 2. The number of nitrogens with zero attached hydrogens (tertiary/aromatic N) is 2. The van der Waals surface area contributed by atoms with Crippen LogP contribution in [0.5, 0.6) is 0 Å². The first-order valence-corrected chi connectivity index (χ1v) is 10.8. The minimum absolute atomic E-state index is 0.0281. The number of carbonyl (C=O) groups is 1. The predicted octanol–water partition coefficient (Wildman–Crippen LogP) is 3.93. The summed E-state index contributed by atoms with van der Waals surface area (Å²) in [5.41, 5.74) is 3.19. The van der Waals surface area contributed by atoms with Gasteiger partial charge in [0.2, 0.25) is 0 Å². The first-order chi connectivity index (χ1) is 14.4. The van der Waals surface area contributed by atoms with Crippen molar-refractivity contribution < 1.29 is 4.79 Å². The molecule has 0 radical (unpaired) electrons. The number of hydrogen-bond donors (Lipinski definition) is 2. The summed E-state index contributed by atoms with van der Waals surface area (Å²) >= 11 is 0. The van der Waals surface area contributed by atoms with Crippen molar-refractivity contribution in [1.82, 2.24) is 15.5 Å². The summed E-state index contributed by atoms with van der Waals surface area (Å²) in [6, 6.07) is 18.4. The lowest BCUT2D eigenvalue weighted by Gasteiger charge is -2.20. The highest BCUT2D eigenvalue weighted by molar-refractivity contribution is 5.94. The number of nitrogens with one attached hydrogen (secondary N) is 2. The fourth-order valence-electron chi connectivity index (χ4n) is 3.38. The van der Waals surface area contributed by atoms with Crippen LogP contribution in [0.1, 0.15) is 48.2 Å². The van der Waals surface area contributed by atoms with Gasteiger partial charge in [0.25, 0.3) is 5.91 Å². The average molecular weight is 409 g/mol. The molecule has 0 bridgehead atoms. The highest BCUT2D eigenvalue weighted by Gasteiger charge is 2.15. The lowest BCUT2D eigenvalue weighted by Crippen LogP contribution is -2.38. The molecule has 0 heterocycles. The number of aliphatic imine (C=N–C) groups is 1. The Bertz CT molecular complexity index is 815. The number of rotatable bonds is 9. The summed E-state index contributed by atoms with van der Waals surface area (Å²) in [5.74, 6) is 1.76. The molecule has 162 valence electrons. The molecular weight excluding hydrogens is 372 g/mol. The second kappa shape index (κ2) is 12.0. The van der Waals surface area contributed by atoms with Crippen LogP contribution in [0.3, 0.4) is 0 Å². The molecule has 2 aromatic carbocycles. The summed E-state index contributed by atoms with van der Waals surface area (Å²) in [7, 11) is 3.55. The van der Waals surface area contributed by atoms with Crippen molar-refractivity contribution in [3.05, 3.63) is 71.3 Å². The minimum Gasteiger partial charge on any atom is -0.357 e. The largest absolute Gasteiger partial charge is 0.357 e. The van der Waals surface area contributed by atoms with Gasteiger partial charge in [-0.05, 0) is 42.5 Å². The van der Waals surface area contributed by atoms with Gasteiger partial charge in [0.05, 0.1) is 0 Å². The maximum absolute atomic E-state index is 12.2. The third kappa shape index (κ3) is 7.21. The molecule has 0 fully saturated rings. The first-order valence-electron chi connectivity index (χ1n) is 10.8. The van der Waals surface area contributed by atoms with Crippen LogP contribution < -0.4 is 10.6 Å². The van der Waals surface area contributed by atoms with E-state index in [9.17, 15) is 4.79 Å². The second-order valence-electron chi connectivity index (χ2n) is 8.06. The lowest BCUT2D eigenvalue weighted by molar-refractivity contribution is 0.0827. The number of hydrogen-bond acceptors (Lipinski definition) is 2. The molecule has 0 saturated carbocycles. The monoisotopic (exact) mass is 408 g/mol. The van der Waals surface area contributed by atoms with Gasteiger partial charge in [0, 0.05) is 45.2 Å². The molecule has 1 atom stereocenters. The van der Waals surface area contributed by atoms with E-state index in [2.05, 4.69) is 67.8 Å². The van der Waals surface area contributed by atoms with Gasteiger partial charge >= 0.3 is 0 Å². The van der Waals surface area contributed by atoms with Gasteiger partial charge in [0.1, 0.15) is 0 Å². The van der Waals surface area contributed by atoms with Gasteiger partial charge < -0.3 is 15.5 Å². The maximum atomic E-state index is 12.2. The van der Waals surface area contributed by atoms with Crippen LogP contribution in [0, 0.1) is 5.92 Å². The predicted molar refractivity (Wildman–Crippen MR) is 126 cm³/mol. The zero-order valence-electron chi connectivity index (χ0n) is 19.0. The van der Waals surface area contributed by atoms with Crippen LogP contribution in [-0.2, 0) is 6.42 Å². The van der Waals surface area contributed by atoms with Crippen molar-refractivity contribution in [3.63, 3.8) is 0 Å². The molecule has 5 nitrogen and oxygen atoms in total. The Balaban J connectivity index is 1.98. The highest BCUT2D eigenvalue weighted by Crippen LogP contribution is 2.24. The summed E-state index contributed by atoms with van der Waals surface area (Å²) in [6.07, 6.45) is 0.825. The zero-order chi connectivity index (χ0) is 21.9. The Morgan fingerprint density at radius 2 is 1.77 bits per heavy atom. The minimum atomic E-state index is 0.0281. The smallest absolute Gasteiger partial charge is 0.253 e. The Labute approximate surface area is 181 Å². The van der Waals surface area contributed by atoms with E-state index in [1.165, 1.54) is 5.56 Å². The quantitative estimate of drug-likeness (QED) is 0.488. The molecule has 1 amide bonds. The van der Waals surface area contributed by atoms with E-state index < -0.39 is 0 Å². The van der Waals surface area contributed by atoms with E-state index in [4.69, 9.17) is 4.99 Å². The van der Waals surface area contributed by atoms with Crippen molar-refractivity contribution >= 4 is 11.9 Å². The van der Waals surface area contributed by atoms with Crippen molar-refractivity contribution in [3.8, 4) is 0 Å². The van der Waals surface area contributed by atoms with E-state index >= 15 is 0 Å². The van der Waals surface area contributed by atoms with Crippen molar-refractivity contribution in [2.24, 2.45) is 10.9 Å². The molecule has 0 aromatic heterocycles. The lowest BCUT2D eigenvalue weighted by atomic mass is 9.88. The number of carbonyl (C=O) groups excluding carboxylic acids is 1. The molecular formula is C25H36N4O. The van der Waals surface area contributed by atoms with E-state index in [1.54, 1.807) is 19.0 Å². The zero-order valence-corrected chi connectivity index (χ0v) is 19.0. The van der Waals surface area contributed by atoms with Crippen LogP contribution >= 0.6 is 0 Å². The van der Waals surface area contributed by atoms with Gasteiger partial charge in [-0.25, -0.2) is 0 Å². The molecule has 1 unspecified atom stereocenters. The Hall–Kier alpha value is -2.82. The molecule has 2 aromatic rings. The van der Waals surface area contributed by atoms with Crippen molar-refractivity contribution in [1.29, 1.82) is 0 Å². The van der Waals surface area contributed by atoms with Gasteiger partial charge in [0.15, 0.2) is 5.96 Å². The number of guanidine groups is 1. The third-order valence-electron chi connectivity index (χ3n) is 5.11. The average Bonchev–Trinajstić information content (AvgIpc) is 2.74. The molecule has 2 rings (SSSR count). The summed E-state index contributed by atoms with van der Waals surface area (Å²) in [4.78, 5) is 18.6. The maximum Gasteiger partial charge on any atom is 0.253 e. The van der Waals surface area contributed by atoms with E-state index in [1.807, 2.05) is 18.2 Å². The summed E-state index contributed by atoms with van der Waals surface area (Å²) in [6.45, 7) is 8.87. The fourth-order valence-corrected chi connectivity index (χ4v) is 3.38. The van der Waals surface area contributed by atoms with Crippen LogP contribution in [0.2, 0.25) is 0 Å². The van der Waals surface area contributed by atoms with Gasteiger partial charge in [-0.15, -0.1) is 0 Å². The standard InChI is InChI=1S/C25H36N4O/c1-6-26-25(28-18-23(19(2)3)21-12-8-7-9-13-21)27-16-15-20-11-10-14-22(17-20)24(30)29(4)5/h7-14,17,19,23H,6,15-16,18H2,1-5H3,(H2,26,27,28). The second-order valence-corrected chi connectivity index (χ2v) is 8.06. The van der Waals surface area contributed by atoms with Crippen LogP contribution in [0.25, 0.3) is 0 Å². The number of amides is 1. The Morgan fingerprint density at radius 3 is 2.40 bits per heavy atom. The van der Waals surface area contributed by atoms with Gasteiger partial charge in [-0.1, -0.05) is 56.3 Å². The Morgan fingerprint density at radius 1 is 1.03 bits per heavy atom. The summed E-state index contributed by atoms with van der Waals surface area (Å²) in [5, 5.41) is 6.77. The molecule has 2 N–H and O–H groups in total. The van der Waals surface area contributed by atoms with Crippen LogP contribution in [0.4, 0.5) is 0 Å². The highest BCUT2D eigenvalue weighted by atomic mass is 16.2. The molecule has 30 heavy (non-hydrogen) atoms. The van der Waals surface area contributed by atoms with E-state index in [-0.39, 0.29) is 5.91 Å². The fraction of sp³-hybridized carbons (Fsp3) is 0.440. The normalized spacial score (nSPS) is 12.5. The third-order valence-corrected chi connectivity index (χ3v) is 5.11. The van der Waals surface area contributed by atoms with Gasteiger partial charge in [-0.2, -0.15) is 0 Å². The van der Waals surface area contributed by atoms with Crippen LogP contribution in [-0.4, -0.2) is 50.5 Å². The van der Waals surface area contributed by atoms with E-state index in [0.29, 0.717) is 11.8 Å². The SMILES string of the molecule is CCNC(=NCC(c1ccccc1)C(C)C)NCCc1cccc(C(=O)N(C)C)c1. The van der Waals surface area contributed by atoms with E-state index in [0.717, 1.165) is 43.1 Å².